The third-order valence-electron chi connectivity index (χ3n) is 5.68. The van der Waals surface area contributed by atoms with E-state index in [4.69, 9.17) is 11.6 Å². The number of pyridine rings is 1. The van der Waals surface area contributed by atoms with Crippen molar-refractivity contribution in [2.45, 2.75) is 24.2 Å². The molecule has 1 fully saturated rings. The fourth-order valence-electron chi connectivity index (χ4n) is 3.82. The van der Waals surface area contributed by atoms with Crippen molar-refractivity contribution in [1.29, 1.82) is 0 Å². The van der Waals surface area contributed by atoms with Crippen LogP contribution >= 0.6 is 11.6 Å². The molecular formula is C21H22ClN5O5S. The van der Waals surface area contributed by atoms with Crippen molar-refractivity contribution in [3.63, 3.8) is 0 Å². The van der Waals surface area contributed by atoms with E-state index in [-0.39, 0.29) is 32.2 Å². The van der Waals surface area contributed by atoms with Gasteiger partial charge in [-0.3, -0.25) is 18.7 Å². The van der Waals surface area contributed by atoms with E-state index in [0.29, 0.717) is 13.1 Å². The van der Waals surface area contributed by atoms with Gasteiger partial charge in [0.1, 0.15) is 10.5 Å². The number of rotatable bonds is 4. The second kappa shape index (κ2) is 8.73. The third kappa shape index (κ3) is 4.19. The topological polar surface area (TPSA) is 123 Å². The summed E-state index contributed by atoms with van der Waals surface area (Å²) in [6.45, 7) is 0.824. The first-order chi connectivity index (χ1) is 15.6. The highest BCUT2D eigenvalue weighted by molar-refractivity contribution is 7.89. The van der Waals surface area contributed by atoms with Gasteiger partial charge in [-0.1, -0.05) is 18.0 Å². The van der Waals surface area contributed by atoms with E-state index in [0.717, 1.165) is 23.8 Å². The van der Waals surface area contributed by atoms with Crippen molar-refractivity contribution >= 4 is 44.3 Å². The van der Waals surface area contributed by atoms with Crippen LogP contribution in [0.2, 0.25) is 5.02 Å². The maximum Gasteiger partial charge on any atom is 0.332 e. The maximum atomic E-state index is 13.1. The predicted octanol–water partition coefficient (Wildman–Crippen LogP) is 1.71. The number of aromatic nitrogens is 3. The Kier molecular flexibility index (Phi) is 6.12. The van der Waals surface area contributed by atoms with Crippen LogP contribution in [0.5, 0.6) is 0 Å². The number of nitrogens with zero attached hydrogens (tertiary/aromatic N) is 4. The summed E-state index contributed by atoms with van der Waals surface area (Å²) in [5.41, 5.74) is -0.567. The number of anilines is 1. The number of nitrogens with one attached hydrogen (secondary N) is 1. The van der Waals surface area contributed by atoms with Gasteiger partial charge in [-0.2, -0.15) is 4.31 Å². The number of hydrogen-bond acceptors (Lipinski definition) is 6. The Hall–Kier alpha value is -3.02. The SMILES string of the molecule is Cn1c(=O)c2cc(NC(=O)c3ccc(Cl)c(S(=O)(=O)N4CCCCC4)c3)cnc2n(C)c1=O. The minimum atomic E-state index is -3.84. The molecule has 1 aliphatic heterocycles. The lowest BCUT2D eigenvalue weighted by molar-refractivity contribution is 0.102. The Bertz CT molecular complexity index is 1490. The number of sulfonamides is 1. The van der Waals surface area contributed by atoms with Gasteiger partial charge in [-0.15, -0.1) is 0 Å². The Morgan fingerprint density at radius 1 is 1.06 bits per heavy atom. The first-order valence-electron chi connectivity index (χ1n) is 10.3. The molecule has 0 bridgehead atoms. The number of carbonyl (C=O) groups excluding carboxylic acids is 1. The molecule has 1 amide bonds. The first kappa shape index (κ1) is 23.1. The van der Waals surface area contributed by atoms with Crippen molar-refractivity contribution in [3.05, 3.63) is 61.9 Å². The van der Waals surface area contributed by atoms with Gasteiger partial charge in [0, 0.05) is 32.7 Å². The van der Waals surface area contributed by atoms with Crippen molar-refractivity contribution < 1.29 is 13.2 Å². The number of hydrogen-bond donors (Lipinski definition) is 1. The molecule has 1 aromatic carbocycles. The van der Waals surface area contributed by atoms with Crippen LogP contribution in [0.3, 0.4) is 0 Å². The molecular weight excluding hydrogens is 470 g/mol. The van der Waals surface area contributed by atoms with E-state index < -0.39 is 27.2 Å². The van der Waals surface area contributed by atoms with Crippen LogP contribution in [0.1, 0.15) is 29.6 Å². The van der Waals surface area contributed by atoms with Crippen molar-refractivity contribution in [1.82, 2.24) is 18.4 Å². The molecule has 0 saturated carbocycles. The minimum Gasteiger partial charge on any atom is -0.321 e. The zero-order valence-electron chi connectivity index (χ0n) is 18.0. The highest BCUT2D eigenvalue weighted by atomic mass is 35.5. The normalized spacial score (nSPS) is 15.0. The van der Waals surface area contributed by atoms with E-state index in [1.165, 1.54) is 53.4 Å². The summed E-state index contributed by atoms with van der Waals surface area (Å²) in [6.07, 6.45) is 3.84. The zero-order valence-corrected chi connectivity index (χ0v) is 19.6. The number of benzene rings is 1. The average Bonchev–Trinajstić information content (AvgIpc) is 2.82. The van der Waals surface area contributed by atoms with Crippen LogP contribution in [-0.4, -0.2) is 45.8 Å². The number of aryl methyl sites for hydroxylation is 1. The number of fused-ring (bicyclic) bond motifs is 1. The number of carbonyl (C=O) groups is 1. The molecule has 0 aliphatic carbocycles. The van der Waals surface area contributed by atoms with Gasteiger partial charge in [-0.25, -0.2) is 18.2 Å². The van der Waals surface area contributed by atoms with Crippen LogP contribution in [-0.2, 0) is 24.1 Å². The summed E-state index contributed by atoms with van der Waals surface area (Å²) in [5, 5.41) is 2.81. The van der Waals surface area contributed by atoms with Crippen LogP contribution < -0.4 is 16.6 Å². The largest absolute Gasteiger partial charge is 0.332 e. The molecule has 1 aliphatic rings. The number of amides is 1. The van der Waals surface area contributed by atoms with Crippen LogP contribution in [0.25, 0.3) is 11.0 Å². The lowest BCUT2D eigenvalue weighted by atomic mass is 10.2. The molecule has 1 saturated heterocycles. The molecule has 10 nitrogen and oxygen atoms in total. The molecule has 33 heavy (non-hydrogen) atoms. The fraction of sp³-hybridized carbons (Fsp3) is 0.333. The van der Waals surface area contributed by atoms with Gasteiger partial charge in [0.15, 0.2) is 0 Å². The summed E-state index contributed by atoms with van der Waals surface area (Å²) in [4.78, 5) is 41.4. The third-order valence-corrected chi connectivity index (χ3v) is 8.06. The predicted molar refractivity (Wildman–Crippen MR) is 124 cm³/mol. The number of halogens is 1. The number of piperidine rings is 1. The molecule has 4 rings (SSSR count). The second-order valence-electron chi connectivity index (χ2n) is 7.86. The Morgan fingerprint density at radius 3 is 2.45 bits per heavy atom. The first-order valence-corrected chi connectivity index (χ1v) is 12.1. The zero-order chi connectivity index (χ0) is 23.9. The quantitative estimate of drug-likeness (QED) is 0.592. The van der Waals surface area contributed by atoms with E-state index in [2.05, 4.69) is 10.3 Å². The second-order valence-corrected chi connectivity index (χ2v) is 10.2. The summed E-state index contributed by atoms with van der Waals surface area (Å²) < 4.78 is 29.7. The highest BCUT2D eigenvalue weighted by Gasteiger charge is 2.28. The molecule has 0 unspecified atom stereocenters. The Balaban J connectivity index is 1.67. The summed E-state index contributed by atoms with van der Waals surface area (Å²) >= 11 is 6.18. The van der Waals surface area contributed by atoms with E-state index >= 15 is 0 Å². The van der Waals surface area contributed by atoms with Gasteiger partial charge in [0.25, 0.3) is 11.5 Å². The standard InChI is InChI=1S/C21H22ClN5O5S/c1-25-18-15(20(29)26(2)21(25)30)11-14(12-23-18)24-19(28)13-6-7-16(22)17(10-13)33(31,32)27-8-4-3-5-9-27/h6-7,10-12H,3-5,8-9H2,1-2H3,(H,24,28). The molecule has 0 radical (unpaired) electrons. The van der Waals surface area contributed by atoms with Gasteiger partial charge in [0.2, 0.25) is 10.0 Å². The van der Waals surface area contributed by atoms with Crippen LogP contribution in [0, 0.1) is 0 Å². The fourth-order valence-corrected chi connectivity index (χ4v) is 5.84. The Labute approximate surface area is 194 Å². The maximum absolute atomic E-state index is 13.1. The monoisotopic (exact) mass is 491 g/mol. The van der Waals surface area contributed by atoms with Gasteiger partial charge < -0.3 is 5.32 Å². The molecule has 12 heteroatoms. The molecule has 3 aromatic rings. The smallest absolute Gasteiger partial charge is 0.321 e. The summed E-state index contributed by atoms with van der Waals surface area (Å²) in [6, 6.07) is 5.46. The van der Waals surface area contributed by atoms with Crippen molar-refractivity contribution in [3.8, 4) is 0 Å². The van der Waals surface area contributed by atoms with Gasteiger partial charge in [-0.05, 0) is 37.1 Å². The van der Waals surface area contributed by atoms with Crippen molar-refractivity contribution in [2.24, 2.45) is 14.1 Å². The lowest BCUT2D eigenvalue weighted by Gasteiger charge is -2.26. The van der Waals surface area contributed by atoms with E-state index in [1.807, 2.05) is 0 Å². The average molecular weight is 492 g/mol. The van der Waals surface area contributed by atoms with Gasteiger partial charge >= 0.3 is 5.69 Å². The van der Waals surface area contributed by atoms with Crippen molar-refractivity contribution in [2.75, 3.05) is 18.4 Å². The Morgan fingerprint density at radius 2 is 1.76 bits per heavy atom. The molecule has 174 valence electrons. The minimum absolute atomic E-state index is 0.0360. The molecule has 2 aromatic heterocycles. The van der Waals surface area contributed by atoms with E-state index in [9.17, 15) is 22.8 Å². The molecule has 1 N–H and O–H groups in total. The summed E-state index contributed by atoms with van der Waals surface area (Å²) in [7, 11) is -0.989. The molecule has 0 spiro atoms. The van der Waals surface area contributed by atoms with E-state index in [1.54, 1.807) is 0 Å². The van der Waals surface area contributed by atoms with Crippen LogP contribution in [0.4, 0.5) is 5.69 Å². The molecule has 0 atom stereocenters. The highest BCUT2D eigenvalue weighted by Crippen LogP contribution is 2.28. The molecule has 3 heterocycles. The lowest BCUT2D eigenvalue weighted by Crippen LogP contribution is -2.37. The van der Waals surface area contributed by atoms with Gasteiger partial charge in [0.05, 0.1) is 22.3 Å². The van der Waals surface area contributed by atoms with Crippen LogP contribution in [0.15, 0.2) is 44.9 Å². The summed E-state index contributed by atoms with van der Waals surface area (Å²) in [5.74, 6) is -0.593.